The van der Waals surface area contributed by atoms with Gasteiger partial charge in [0.25, 0.3) is 0 Å². The largest absolute Gasteiger partial charge is 0.360 e. The number of piperidine rings is 1. The molecule has 3 heterocycles. The molecule has 0 spiro atoms. The van der Waals surface area contributed by atoms with E-state index in [1.54, 1.807) is 13.0 Å². The zero-order chi connectivity index (χ0) is 17.1. The van der Waals surface area contributed by atoms with E-state index in [0.29, 0.717) is 17.4 Å². The Morgan fingerprint density at radius 1 is 1.46 bits per heavy atom. The SMILES string of the molecule is CCC1CCCCN1c1ncnc(Nc2cc(C)on2)c1[N+](=O)[O-]. The van der Waals surface area contributed by atoms with E-state index in [-0.39, 0.29) is 17.5 Å². The van der Waals surface area contributed by atoms with Crippen molar-refractivity contribution in [2.75, 3.05) is 16.8 Å². The molecule has 1 saturated heterocycles. The van der Waals surface area contributed by atoms with E-state index in [0.717, 1.165) is 32.2 Å². The highest BCUT2D eigenvalue weighted by Crippen LogP contribution is 2.36. The summed E-state index contributed by atoms with van der Waals surface area (Å²) in [5.74, 6) is 1.48. The molecule has 128 valence electrons. The monoisotopic (exact) mass is 332 g/mol. The Morgan fingerprint density at radius 2 is 2.29 bits per heavy atom. The predicted molar refractivity (Wildman–Crippen MR) is 88.5 cm³/mol. The Balaban J connectivity index is 2.00. The van der Waals surface area contributed by atoms with Crippen LogP contribution in [0.3, 0.4) is 0 Å². The number of hydrogen-bond donors (Lipinski definition) is 1. The van der Waals surface area contributed by atoms with E-state index >= 15 is 0 Å². The maximum atomic E-state index is 11.7. The summed E-state index contributed by atoms with van der Waals surface area (Å²) in [6.45, 7) is 4.60. The number of rotatable bonds is 5. The van der Waals surface area contributed by atoms with Gasteiger partial charge >= 0.3 is 5.69 Å². The molecule has 1 fully saturated rings. The summed E-state index contributed by atoms with van der Waals surface area (Å²) in [6.07, 6.45) is 5.42. The van der Waals surface area contributed by atoms with Crippen LogP contribution in [0, 0.1) is 17.0 Å². The quantitative estimate of drug-likeness (QED) is 0.656. The van der Waals surface area contributed by atoms with Gasteiger partial charge < -0.3 is 14.7 Å². The number of nitrogens with one attached hydrogen (secondary N) is 1. The third-order valence-electron chi connectivity index (χ3n) is 4.23. The molecule has 0 bridgehead atoms. The fraction of sp³-hybridized carbons (Fsp3) is 0.533. The second-order valence-corrected chi connectivity index (χ2v) is 5.85. The average molecular weight is 332 g/mol. The predicted octanol–water partition coefficient (Wildman–Crippen LogP) is 3.19. The van der Waals surface area contributed by atoms with Crippen LogP contribution >= 0.6 is 0 Å². The molecule has 24 heavy (non-hydrogen) atoms. The van der Waals surface area contributed by atoms with Crippen LogP contribution < -0.4 is 10.2 Å². The minimum Gasteiger partial charge on any atom is -0.360 e. The van der Waals surface area contributed by atoms with Crippen molar-refractivity contribution in [1.82, 2.24) is 15.1 Å². The van der Waals surface area contributed by atoms with Gasteiger partial charge in [-0.25, -0.2) is 9.97 Å². The molecule has 9 heteroatoms. The molecule has 1 atom stereocenters. The minimum absolute atomic E-state index is 0.124. The van der Waals surface area contributed by atoms with Crippen molar-refractivity contribution in [2.45, 2.75) is 45.6 Å². The number of nitrogens with zero attached hydrogens (tertiary/aromatic N) is 5. The van der Waals surface area contributed by atoms with Gasteiger partial charge in [0.05, 0.1) is 4.92 Å². The van der Waals surface area contributed by atoms with Gasteiger partial charge in [0.2, 0.25) is 11.6 Å². The van der Waals surface area contributed by atoms with Crippen LogP contribution in [0.1, 0.15) is 38.4 Å². The van der Waals surface area contributed by atoms with Crippen molar-refractivity contribution in [3.8, 4) is 0 Å². The van der Waals surface area contributed by atoms with Crippen molar-refractivity contribution in [2.24, 2.45) is 0 Å². The summed E-state index contributed by atoms with van der Waals surface area (Å²) < 4.78 is 4.98. The van der Waals surface area contributed by atoms with E-state index in [1.807, 2.05) is 4.90 Å². The number of anilines is 3. The molecule has 1 aliphatic rings. The molecule has 0 aliphatic carbocycles. The maximum absolute atomic E-state index is 11.7. The first-order chi connectivity index (χ1) is 11.6. The Hall–Kier alpha value is -2.71. The summed E-state index contributed by atoms with van der Waals surface area (Å²) in [5.41, 5.74) is -0.126. The van der Waals surface area contributed by atoms with E-state index in [2.05, 4.69) is 27.4 Å². The second kappa shape index (κ2) is 6.81. The van der Waals surface area contributed by atoms with Gasteiger partial charge in [0, 0.05) is 18.7 Å². The van der Waals surface area contributed by atoms with Gasteiger partial charge in [-0.2, -0.15) is 0 Å². The Kier molecular flexibility index (Phi) is 4.59. The van der Waals surface area contributed by atoms with Crippen LogP contribution in [0.25, 0.3) is 0 Å². The zero-order valence-electron chi connectivity index (χ0n) is 13.7. The summed E-state index contributed by atoms with van der Waals surface area (Å²) in [7, 11) is 0. The highest BCUT2D eigenvalue weighted by Gasteiger charge is 2.32. The van der Waals surface area contributed by atoms with E-state index in [4.69, 9.17) is 4.52 Å². The number of hydrogen-bond acceptors (Lipinski definition) is 8. The zero-order valence-corrected chi connectivity index (χ0v) is 13.7. The molecule has 3 rings (SSSR count). The lowest BCUT2D eigenvalue weighted by molar-refractivity contribution is -0.383. The van der Waals surface area contributed by atoms with Crippen molar-refractivity contribution in [3.05, 3.63) is 28.3 Å². The van der Waals surface area contributed by atoms with Gasteiger partial charge in [-0.1, -0.05) is 12.1 Å². The molecule has 0 saturated carbocycles. The van der Waals surface area contributed by atoms with Crippen LogP contribution in [0.5, 0.6) is 0 Å². The van der Waals surface area contributed by atoms with Gasteiger partial charge in [0.1, 0.15) is 12.1 Å². The van der Waals surface area contributed by atoms with Crippen molar-refractivity contribution < 1.29 is 9.45 Å². The highest BCUT2D eigenvalue weighted by molar-refractivity contribution is 5.73. The highest BCUT2D eigenvalue weighted by atomic mass is 16.6. The van der Waals surface area contributed by atoms with E-state index in [9.17, 15) is 10.1 Å². The van der Waals surface area contributed by atoms with Crippen LogP contribution in [-0.4, -0.2) is 32.6 Å². The normalized spacial score (nSPS) is 17.8. The van der Waals surface area contributed by atoms with E-state index < -0.39 is 4.92 Å². The first-order valence-electron chi connectivity index (χ1n) is 8.06. The van der Waals surface area contributed by atoms with Crippen LogP contribution in [0.4, 0.5) is 23.1 Å². The standard InChI is InChI=1S/C15H20N6O3/c1-3-11-6-4-5-7-20(11)15-13(21(22)23)14(16-9-17-15)18-12-8-10(2)24-19-12/h8-9,11H,3-7H2,1-2H3,(H,16,17,18,19). The third-order valence-corrected chi connectivity index (χ3v) is 4.23. The summed E-state index contributed by atoms with van der Waals surface area (Å²) >= 11 is 0. The van der Waals surface area contributed by atoms with Crippen LogP contribution in [0.2, 0.25) is 0 Å². The molecule has 0 aromatic carbocycles. The molecule has 9 nitrogen and oxygen atoms in total. The smallest absolute Gasteiger partial charge is 0.353 e. The van der Waals surface area contributed by atoms with Crippen molar-refractivity contribution in [3.63, 3.8) is 0 Å². The molecule has 0 amide bonds. The molecule has 1 aliphatic heterocycles. The first kappa shape index (κ1) is 16.2. The second-order valence-electron chi connectivity index (χ2n) is 5.85. The van der Waals surface area contributed by atoms with Gasteiger partial charge in [0.15, 0.2) is 5.82 Å². The van der Waals surface area contributed by atoms with Crippen LogP contribution in [-0.2, 0) is 0 Å². The summed E-state index contributed by atoms with van der Waals surface area (Å²) in [6, 6.07) is 1.91. The molecular formula is C15H20N6O3. The topological polar surface area (TPSA) is 110 Å². The van der Waals surface area contributed by atoms with Crippen LogP contribution in [0.15, 0.2) is 16.9 Å². The molecule has 0 radical (unpaired) electrons. The molecular weight excluding hydrogens is 312 g/mol. The Bertz CT molecular complexity index is 732. The lowest BCUT2D eigenvalue weighted by Gasteiger charge is -2.35. The molecule has 2 aromatic rings. The van der Waals surface area contributed by atoms with Gasteiger partial charge in [-0.15, -0.1) is 0 Å². The minimum atomic E-state index is -0.439. The van der Waals surface area contributed by atoms with E-state index in [1.165, 1.54) is 6.33 Å². The first-order valence-corrected chi connectivity index (χ1v) is 8.06. The molecule has 1 N–H and O–H groups in total. The van der Waals surface area contributed by atoms with Gasteiger partial charge in [-0.3, -0.25) is 10.1 Å². The number of aryl methyl sites for hydroxylation is 1. The van der Waals surface area contributed by atoms with Gasteiger partial charge in [-0.05, 0) is 32.6 Å². The lowest BCUT2D eigenvalue weighted by Crippen LogP contribution is -2.40. The maximum Gasteiger partial charge on any atom is 0.353 e. The Morgan fingerprint density at radius 3 is 2.96 bits per heavy atom. The summed E-state index contributed by atoms with van der Waals surface area (Å²) in [5, 5.41) is 18.4. The number of aromatic nitrogens is 3. The number of nitro groups is 1. The average Bonchev–Trinajstić information content (AvgIpc) is 2.99. The molecule has 1 unspecified atom stereocenters. The fourth-order valence-electron chi connectivity index (χ4n) is 3.09. The lowest BCUT2D eigenvalue weighted by atomic mass is 10.00. The van der Waals surface area contributed by atoms with Crippen molar-refractivity contribution >= 4 is 23.1 Å². The van der Waals surface area contributed by atoms with Crippen molar-refractivity contribution in [1.29, 1.82) is 0 Å². The Labute approximate surface area is 139 Å². The molecule has 2 aromatic heterocycles. The fourth-order valence-corrected chi connectivity index (χ4v) is 3.09. The third kappa shape index (κ3) is 3.15. The summed E-state index contributed by atoms with van der Waals surface area (Å²) in [4.78, 5) is 21.5.